The first kappa shape index (κ1) is 22.3. The van der Waals surface area contributed by atoms with Crippen LogP contribution in [0, 0.1) is 26.7 Å². The molecule has 1 aliphatic rings. The third-order valence-corrected chi connectivity index (χ3v) is 7.04. The molecule has 0 unspecified atom stereocenters. The number of carbonyl (C=O) groups is 1. The Hall–Kier alpha value is -2.39. The van der Waals surface area contributed by atoms with E-state index in [9.17, 15) is 13.2 Å². The second-order valence-corrected chi connectivity index (χ2v) is 9.64. The third kappa shape index (κ3) is 5.20. The lowest BCUT2D eigenvalue weighted by Gasteiger charge is -2.29. The summed E-state index contributed by atoms with van der Waals surface area (Å²) in [6, 6.07) is 5.94. The van der Waals surface area contributed by atoms with Crippen molar-refractivity contribution in [2.45, 2.75) is 38.6 Å². The van der Waals surface area contributed by atoms with Gasteiger partial charge in [-0.2, -0.15) is 4.31 Å². The molecule has 0 atom stereocenters. The zero-order valence-corrected chi connectivity index (χ0v) is 18.7. The molecule has 0 N–H and O–H groups in total. The van der Waals surface area contributed by atoms with Crippen LogP contribution in [-0.2, 0) is 26.6 Å². The zero-order valence-electron chi connectivity index (χ0n) is 17.9. The summed E-state index contributed by atoms with van der Waals surface area (Å²) < 4.78 is 39.5. The largest absolute Gasteiger partial charge is 0.490 e. The van der Waals surface area contributed by atoms with Crippen molar-refractivity contribution in [2.75, 3.05) is 26.3 Å². The smallest absolute Gasteiger partial charge is 0.309 e. The van der Waals surface area contributed by atoms with Gasteiger partial charge in [0.1, 0.15) is 24.8 Å². The number of aromatic nitrogens is 2. The number of carbonyl (C=O) groups excluding carboxylic acids is 1. The lowest BCUT2D eigenvalue weighted by atomic mass is 9.98. The minimum Gasteiger partial charge on any atom is -0.490 e. The Labute approximate surface area is 177 Å². The number of piperidine rings is 1. The monoisotopic (exact) mass is 435 g/mol. The van der Waals surface area contributed by atoms with Crippen molar-refractivity contribution in [2.24, 2.45) is 13.0 Å². The summed E-state index contributed by atoms with van der Waals surface area (Å²) in [5.41, 5.74) is 2.23. The van der Waals surface area contributed by atoms with Gasteiger partial charge in [0, 0.05) is 26.3 Å². The molecular formula is C21H29N3O5S. The molecule has 164 valence electrons. The predicted octanol–water partition coefficient (Wildman–Crippen LogP) is 2.37. The number of sulfonamides is 1. The summed E-state index contributed by atoms with van der Waals surface area (Å²) in [4.78, 5) is 16.5. The van der Waals surface area contributed by atoms with Gasteiger partial charge in [-0.3, -0.25) is 4.79 Å². The molecule has 1 aromatic carbocycles. The fourth-order valence-electron chi connectivity index (χ4n) is 3.55. The molecule has 0 amide bonds. The van der Waals surface area contributed by atoms with Crippen molar-refractivity contribution in [3.63, 3.8) is 0 Å². The Morgan fingerprint density at radius 2 is 1.73 bits per heavy atom. The first-order valence-electron chi connectivity index (χ1n) is 10.0. The molecule has 1 aliphatic heterocycles. The number of imidazole rings is 1. The van der Waals surface area contributed by atoms with Gasteiger partial charge in [-0.15, -0.1) is 0 Å². The first-order chi connectivity index (χ1) is 14.2. The van der Waals surface area contributed by atoms with E-state index in [-0.39, 0.29) is 43.2 Å². The summed E-state index contributed by atoms with van der Waals surface area (Å²) in [7, 11) is -1.88. The van der Waals surface area contributed by atoms with Gasteiger partial charge in [-0.1, -0.05) is 6.07 Å². The number of rotatable bonds is 7. The average Bonchev–Trinajstić information content (AvgIpc) is 3.04. The van der Waals surface area contributed by atoms with Crippen LogP contribution in [0.3, 0.4) is 0 Å². The highest BCUT2D eigenvalue weighted by Gasteiger charge is 2.34. The van der Waals surface area contributed by atoms with Crippen LogP contribution in [0.4, 0.5) is 0 Å². The number of esters is 1. The van der Waals surface area contributed by atoms with Gasteiger partial charge in [0.05, 0.1) is 5.92 Å². The quantitative estimate of drug-likeness (QED) is 0.490. The molecule has 9 heteroatoms. The maximum atomic E-state index is 12.7. The molecule has 1 aromatic heterocycles. The number of hydrogen-bond donors (Lipinski definition) is 0. The van der Waals surface area contributed by atoms with E-state index >= 15 is 0 Å². The molecule has 0 saturated carbocycles. The van der Waals surface area contributed by atoms with E-state index in [1.54, 1.807) is 18.5 Å². The summed E-state index contributed by atoms with van der Waals surface area (Å²) in [6.45, 7) is 6.75. The van der Waals surface area contributed by atoms with Crippen LogP contribution in [0.15, 0.2) is 29.4 Å². The van der Waals surface area contributed by atoms with E-state index in [0.717, 1.165) is 16.9 Å². The van der Waals surface area contributed by atoms with E-state index < -0.39 is 10.0 Å². The van der Waals surface area contributed by atoms with E-state index in [0.29, 0.717) is 18.7 Å². The Morgan fingerprint density at radius 3 is 2.30 bits per heavy atom. The zero-order chi connectivity index (χ0) is 21.9. The Balaban J connectivity index is 1.44. The van der Waals surface area contributed by atoms with Gasteiger partial charge in [0.2, 0.25) is 0 Å². The fraction of sp³-hybridized carbons (Fsp3) is 0.524. The number of ether oxygens (including phenoxy) is 2. The minimum absolute atomic E-state index is 0.0482. The SMILES string of the molecule is Cc1cc(C)cc(OCCOC(=O)C2CCN(S(=O)(=O)c3cn(C)c(C)n3)CC2)c1. The van der Waals surface area contributed by atoms with Crippen molar-refractivity contribution < 1.29 is 22.7 Å². The molecule has 30 heavy (non-hydrogen) atoms. The lowest BCUT2D eigenvalue weighted by Crippen LogP contribution is -2.40. The molecular weight excluding hydrogens is 406 g/mol. The van der Waals surface area contributed by atoms with Crippen molar-refractivity contribution >= 4 is 16.0 Å². The summed E-state index contributed by atoms with van der Waals surface area (Å²) in [5.74, 6) is 0.787. The second-order valence-electron chi connectivity index (χ2n) is 7.75. The normalized spacial score (nSPS) is 15.9. The van der Waals surface area contributed by atoms with Crippen LogP contribution in [0.2, 0.25) is 0 Å². The lowest BCUT2D eigenvalue weighted by molar-refractivity contribution is -0.150. The van der Waals surface area contributed by atoms with Gasteiger partial charge in [0.25, 0.3) is 10.0 Å². The van der Waals surface area contributed by atoms with Gasteiger partial charge >= 0.3 is 5.97 Å². The molecule has 3 rings (SSSR count). The van der Waals surface area contributed by atoms with Crippen LogP contribution >= 0.6 is 0 Å². The highest BCUT2D eigenvalue weighted by Crippen LogP contribution is 2.24. The molecule has 0 aliphatic carbocycles. The number of hydrogen-bond acceptors (Lipinski definition) is 6. The topological polar surface area (TPSA) is 90.7 Å². The summed E-state index contributed by atoms with van der Waals surface area (Å²) >= 11 is 0. The van der Waals surface area contributed by atoms with Crippen LogP contribution in [0.25, 0.3) is 0 Å². The molecule has 0 bridgehead atoms. The van der Waals surface area contributed by atoms with E-state index in [2.05, 4.69) is 11.1 Å². The highest BCUT2D eigenvalue weighted by molar-refractivity contribution is 7.89. The summed E-state index contributed by atoms with van der Waals surface area (Å²) in [6.07, 6.45) is 2.38. The summed E-state index contributed by atoms with van der Waals surface area (Å²) in [5, 5.41) is 0.0482. The van der Waals surface area contributed by atoms with Crippen molar-refractivity contribution in [3.05, 3.63) is 41.3 Å². The van der Waals surface area contributed by atoms with Crippen LogP contribution in [0.5, 0.6) is 5.75 Å². The van der Waals surface area contributed by atoms with Crippen molar-refractivity contribution in [3.8, 4) is 5.75 Å². The van der Waals surface area contributed by atoms with E-state index in [1.807, 2.05) is 26.0 Å². The second kappa shape index (κ2) is 9.18. The average molecular weight is 436 g/mol. The Bertz CT molecular complexity index is 968. The van der Waals surface area contributed by atoms with Crippen LogP contribution < -0.4 is 4.74 Å². The highest BCUT2D eigenvalue weighted by atomic mass is 32.2. The predicted molar refractivity (Wildman–Crippen MR) is 112 cm³/mol. The molecule has 0 radical (unpaired) electrons. The van der Waals surface area contributed by atoms with E-state index in [1.165, 1.54) is 10.5 Å². The molecule has 0 spiro atoms. The van der Waals surface area contributed by atoms with Gasteiger partial charge < -0.3 is 14.0 Å². The van der Waals surface area contributed by atoms with Crippen molar-refractivity contribution in [1.82, 2.24) is 13.9 Å². The van der Waals surface area contributed by atoms with Crippen LogP contribution in [-0.4, -0.2) is 54.5 Å². The Morgan fingerprint density at radius 1 is 1.10 bits per heavy atom. The van der Waals surface area contributed by atoms with Crippen molar-refractivity contribution in [1.29, 1.82) is 0 Å². The fourth-order valence-corrected chi connectivity index (χ4v) is 5.05. The Kier molecular flexibility index (Phi) is 6.82. The number of nitrogens with zero attached hydrogens (tertiary/aromatic N) is 3. The van der Waals surface area contributed by atoms with Gasteiger partial charge in [0.15, 0.2) is 5.03 Å². The molecule has 2 aromatic rings. The maximum Gasteiger partial charge on any atom is 0.309 e. The third-order valence-electron chi connectivity index (χ3n) is 5.27. The maximum absolute atomic E-state index is 12.7. The standard InChI is InChI=1S/C21H29N3O5S/c1-15-11-16(2)13-19(12-15)28-9-10-29-21(25)18-5-7-24(8-6-18)30(26,27)20-14-23(4)17(3)22-20/h11-14,18H,5-10H2,1-4H3. The minimum atomic E-state index is -3.64. The van der Waals surface area contributed by atoms with Gasteiger partial charge in [-0.05, 0) is 56.9 Å². The molecule has 1 saturated heterocycles. The number of aryl methyl sites for hydroxylation is 4. The van der Waals surface area contributed by atoms with Gasteiger partial charge in [-0.25, -0.2) is 13.4 Å². The number of benzene rings is 1. The van der Waals surface area contributed by atoms with Crippen LogP contribution in [0.1, 0.15) is 29.8 Å². The van der Waals surface area contributed by atoms with E-state index in [4.69, 9.17) is 9.47 Å². The molecule has 1 fully saturated rings. The first-order valence-corrected chi connectivity index (χ1v) is 11.5. The molecule has 2 heterocycles. The molecule has 8 nitrogen and oxygen atoms in total.